The Hall–Kier alpha value is -2.74. The highest BCUT2D eigenvalue weighted by Gasteiger charge is 2.31. The Morgan fingerprint density at radius 2 is 1.85 bits per heavy atom. The number of nitriles is 2. The number of hydrogen-bond acceptors (Lipinski definition) is 4. The number of anilines is 1. The highest BCUT2D eigenvalue weighted by atomic mass is 19.4. The van der Waals surface area contributed by atoms with E-state index in [1.165, 1.54) is 12.1 Å². The van der Waals surface area contributed by atoms with Crippen molar-refractivity contribution in [2.75, 3.05) is 18.0 Å². The molecule has 20 heavy (non-hydrogen) atoms. The van der Waals surface area contributed by atoms with Crippen molar-refractivity contribution in [3.05, 3.63) is 29.3 Å². The van der Waals surface area contributed by atoms with Gasteiger partial charge in [-0.05, 0) is 18.2 Å². The van der Waals surface area contributed by atoms with Gasteiger partial charge in [0.15, 0.2) is 0 Å². The molecule has 0 aliphatic heterocycles. The van der Waals surface area contributed by atoms with Crippen LogP contribution in [0.5, 0.6) is 0 Å². The minimum atomic E-state index is -4.53. The predicted octanol–water partition coefficient (Wildman–Crippen LogP) is 1.28. The lowest BCUT2D eigenvalue weighted by Crippen LogP contribution is -2.40. The molecule has 0 aliphatic rings. The molecule has 0 radical (unpaired) electrons. The summed E-state index contributed by atoms with van der Waals surface area (Å²) in [5.74, 6) is -0.933. The van der Waals surface area contributed by atoms with Crippen molar-refractivity contribution in [3.63, 3.8) is 0 Å². The van der Waals surface area contributed by atoms with Gasteiger partial charge in [0.2, 0.25) is 5.91 Å². The molecule has 0 saturated carbocycles. The molecule has 1 aromatic rings. The first-order valence-corrected chi connectivity index (χ1v) is 5.31. The maximum atomic E-state index is 12.5. The first kappa shape index (κ1) is 15.3. The van der Waals surface area contributed by atoms with Crippen molar-refractivity contribution in [2.45, 2.75) is 6.18 Å². The Kier molecular flexibility index (Phi) is 4.54. The van der Waals surface area contributed by atoms with E-state index in [-0.39, 0.29) is 16.8 Å². The molecule has 0 atom stereocenters. The van der Waals surface area contributed by atoms with Crippen molar-refractivity contribution in [2.24, 2.45) is 5.73 Å². The number of benzene rings is 1. The average Bonchev–Trinajstić information content (AvgIpc) is 2.35. The van der Waals surface area contributed by atoms with E-state index in [0.717, 1.165) is 6.07 Å². The second-order valence-electron chi connectivity index (χ2n) is 3.89. The number of nitrogens with zero attached hydrogens (tertiary/aromatic N) is 3. The van der Waals surface area contributed by atoms with E-state index in [0.29, 0.717) is 4.90 Å². The number of rotatable bonds is 4. The minimum Gasteiger partial charge on any atom is -0.368 e. The number of amides is 1. The van der Waals surface area contributed by atoms with Gasteiger partial charge in [-0.25, -0.2) is 0 Å². The van der Waals surface area contributed by atoms with Crippen molar-refractivity contribution in [1.29, 1.82) is 10.5 Å². The monoisotopic (exact) mass is 282 g/mol. The van der Waals surface area contributed by atoms with Crippen molar-refractivity contribution >= 4 is 11.6 Å². The van der Waals surface area contributed by atoms with Crippen LogP contribution in [0.1, 0.15) is 11.1 Å². The SMILES string of the molecule is N#Cc1ccc(N(CC(N)=O)CC(F)(F)F)cc1C#N. The molecule has 0 aliphatic carbocycles. The van der Waals surface area contributed by atoms with Crippen LogP contribution in [0.3, 0.4) is 0 Å². The Labute approximate surface area is 112 Å². The lowest BCUT2D eigenvalue weighted by molar-refractivity contribution is -0.122. The minimum absolute atomic E-state index is 0.00308. The second-order valence-corrected chi connectivity index (χ2v) is 3.89. The zero-order valence-corrected chi connectivity index (χ0v) is 10.1. The summed E-state index contributed by atoms with van der Waals surface area (Å²) in [5.41, 5.74) is 4.88. The van der Waals surface area contributed by atoms with Crippen molar-refractivity contribution in [3.8, 4) is 12.1 Å². The van der Waals surface area contributed by atoms with Gasteiger partial charge in [-0.3, -0.25) is 4.79 Å². The fourth-order valence-corrected chi connectivity index (χ4v) is 1.56. The molecule has 1 rings (SSSR count). The Bertz CT molecular complexity index is 598. The number of primary amides is 1. The van der Waals surface area contributed by atoms with Gasteiger partial charge < -0.3 is 10.6 Å². The summed E-state index contributed by atoms with van der Waals surface area (Å²) in [6.07, 6.45) is -4.53. The third-order valence-electron chi connectivity index (χ3n) is 2.33. The summed E-state index contributed by atoms with van der Waals surface area (Å²) in [6.45, 7) is -2.02. The van der Waals surface area contributed by atoms with Crippen LogP contribution in [-0.4, -0.2) is 25.2 Å². The zero-order chi connectivity index (χ0) is 15.3. The molecule has 104 valence electrons. The van der Waals surface area contributed by atoms with Crippen LogP contribution in [0.4, 0.5) is 18.9 Å². The third kappa shape index (κ3) is 4.18. The Balaban J connectivity index is 3.18. The molecule has 2 N–H and O–H groups in total. The summed E-state index contributed by atoms with van der Waals surface area (Å²) >= 11 is 0. The molecule has 1 amide bonds. The fourth-order valence-electron chi connectivity index (χ4n) is 1.56. The van der Waals surface area contributed by atoms with Gasteiger partial charge in [-0.1, -0.05) is 0 Å². The maximum Gasteiger partial charge on any atom is 0.405 e. The van der Waals surface area contributed by atoms with Crippen LogP contribution in [-0.2, 0) is 4.79 Å². The molecule has 0 saturated heterocycles. The number of carbonyl (C=O) groups is 1. The van der Waals surface area contributed by atoms with Crippen LogP contribution in [0, 0.1) is 22.7 Å². The number of hydrogen-bond donors (Lipinski definition) is 1. The summed E-state index contributed by atoms with van der Waals surface area (Å²) < 4.78 is 37.4. The normalized spacial score (nSPS) is 10.4. The molecular formula is C12H9F3N4O. The number of halogens is 3. The third-order valence-corrected chi connectivity index (χ3v) is 2.33. The van der Waals surface area contributed by atoms with Gasteiger partial charge in [0.05, 0.1) is 17.7 Å². The predicted molar refractivity (Wildman–Crippen MR) is 63.3 cm³/mol. The largest absolute Gasteiger partial charge is 0.405 e. The lowest BCUT2D eigenvalue weighted by atomic mass is 10.1. The average molecular weight is 282 g/mol. The second kappa shape index (κ2) is 5.93. The highest BCUT2D eigenvalue weighted by molar-refractivity contribution is 5.79. The Morgan fingerprint density at radius 3 is 2.30 bits per heavy atom. The fraction of sp³-hybridized carbons (Fsp3) is 0.250. The van der Waals surface area contributed by atoms with Crippen LogP contribution in [0.2, 0.25) is 0 Å². The van der Waals surface area contributed by atoms with E-state index in [4.69, 9.17) is 16.3 Å². The maximum absolute atomic E-state index is 12.5. The number of nitrogens with two attached hydrogens (primary N) is 1. The smallest absolute Gasteiger partial charge is 0.368 e. The van der Waals surface area contributed by atoms with Crippen LogP contribution < -0.4 is 10.6 Å². The van der Waals surface area contributed by atoms with Crippen LogP contribution >= 0.6 is 0 Å². The zero-order valence-electron chi connectivity index (χ0n) is 10.1. The Morgan fingerprint density at radius 1 is 1.25 bits per heavy atom. The van der Waals surface area contributed by atoms with E-state index in [1.54, 1.807) is 12.1 Å². The lowest BCUT2D eigenvalue weighted by Gasteiger charge is -2.24. The standard InChI is InChI=1S/C12H9F3N4O/c13-12(14,15)7-19(6-11(18)20)10-2-1-8(4-16)9(3-10)5-17/h1-3H,6-7H2,(H2,18,20). The molecule has 1 aromatic carbocycles. The van der Waals surface area contributed by atoms with Gasteiger partial charge >= 0.3 is 6.18 Å². The van der Waals surface area contributed by atoms with E-state index in [2.05, 4.69) is 0 Å². The first-order chi connectivity index (χ1) is 9.26. The first-order valence-electron chi connectivity index (χ1n) is 5.31. The molecular weight excluding hydrogens is 273 g/mol. The van der Waals surface area contributed by atoms with E-state index in [1.807, 2.05) is 0 Å². The van der Waals surface area contributed by atoms with Gasteiger partial charge in [0.25, 0.3) is 0 Å². The quantitative estimate of drug-likeness (QED) is 0.900. The summed E-state index contributed by atoms with van der Waals surface area (Å²) in [7, 11) is 0. The van der Waals surface area contributed by atoms with E-state index >= 15 is 0 Å². The van der Waals surface area contributed by atoms with Gasteiger partial charge in [-0.2, -0.15) is 23.7 Å². The van der Waals surface area contributed by atoms with E-state index < -0.39 is 25.2 Å². The van der Waals surface area contributed by atoms with Crippen molar-refractivity contribution < 1.29 is 18.0 Å². The summed E-state index contributed by atoms with van der Waals surface area (Å²) in [4.78, 5) is 11.5. The van der Waals surface area contributed by atoms with Crippen LogP contribution in [0.15, 0.2) is 18.2 Å². The summed E-state index contributed by atoms with van der Waals surface area (Å²) in [6, 6.07) is 7.03. The van der Waals surface area contributed by atoms with Gasteiger partial charge in [-0.15, -0.1) is 0 Å². The topological polar surface area (TPSA) is 93.9 Å². The van der Waals surface area contributed by atoms with Crippen LogP contribution in [0.25, 0.3) is 0 Å². The van der Waals surface area contributed by atoms with Crippen molar-refractivity contribution in [1.82, 2.24) is 0 Å². The molecule has 0 aromatic heterocycles. The molecule has 0 bridgehead atoms. The number of carbonyl (C=O) groups excluding carboxylic acids is 1. The molecule has 0 spiro atoms. The highest BCUT2D eigenvalue weighted by Crippen LogP contribution is 2.24. The van der Waals surface area contributed by atoms with Gasteiger partial charge in [0, 0.05) is 5.69 Å². The summed E-state index contributed by atoms with van der Waals surface area (Å²) in [5, 5.41) is 17.6. The molecule has 0 heterocycles. The number of alkyl halides is 3. The molecule has 0 unspecified atom stereocenters. The molecule has 8 heteroatoms. The van der Waals surface area contributed by atoms with Gasteiger partial charge in [0.1, 0.15) is 18.7 Å². The molecule has 0 fully saturated rings. The van der Waals surface area contributed by atoms with E-state index in [9.17, 15) is 18.0 Å². The molecule has 5 nitrogen and oxygen atoms in total.